The molecule has 3 heteroatoms. The molecular weight excluding hydrogens is 114 g/mol. The van der Waals surface area contributed by atoms with Crippen LogP contribution in [0.3, 0.4) is 0 Å². The van der Waals surface area contributed by atoms with Crippen molar-refractivity contribution in [2.75, 3.05) is 0 Å². The van der Waals surface area contributed by atoms with Crippen LogP contribution in [0.5, 0.6) is 0 Å². The second kappa shape index (κ2) is 2.27. The Kier molecular flexibility index (Phi) is 1.62. The molecule has 0 saturated carbocycles. The van der Waals surface area contributed by atoms with E-state index in [1.165, 1.54) is 0 Å². The van der Waals surface area contributed by atoms with Crippen molar-refractivity contribution in [3.63, 3.8) is 0 Å². The molecule has 0 amide bonds. The topological polar surface area (TPSA) is 50.7 Å². The molecule has 0 aromatic carbocycles. The highest BCUT2D eigenvalue weighted by atomic mass is 15.0. The van der Waals surface area contributed by atoms with Gasteiger partial charge in [-0.1, -0.05) is 0 Å². The molecule has 0 aliphatic carbocycles. The fourth-order valence-corrected chi connectivity index (χ4v) is 0.757. The van der Waals surface area contributed by atoms with E-state index in [0.717, 1.165) is 5.71 Å². The second-order valence-electron chi connectivity index (χ2n) is 2.30. The molecule has 3 nitrogen and oxygen atoms in total. The summed E-state index contributed by atoms with van der Waals surface area (Å²) >= 11 is 0. The maximum Gasteiger partial charge on any atom is 0.110 e. The van der Waals surface area contributed by atoms with Crippen LogP contribution >= 0.6 is 0 Å². The minimum absolute atomic E-state index is 0.0231. The third-order valence-corrected chi connectivity index (χ3v) is 1.57. The summed E-state index contributed by atoms with van der Waals surface area (Å²) in [7, 11) is 0. The van der Waals surface area contributed by atoms with Crippen molar-refractivity contribution < 1.29 is 0 Å². The summed E-state index contributed by atoms with van der Waals surface area (Å²) in [5, 5.41) is 0. The van der Waals surface area contributed by atoms with Gasteiger partial charge < -0.3 is 5.73 Å². The molecule has 0 spiro atoms. The van der Waals surface area contributed by atoms with Crippen LogP contribution in [0.15, 0.2) is 9.98 Å². The molecule has 2 N–H and O–H groups in total. The second-order valence-corrected chi connectivity index (χ2v) is 2.30. The lowest BCUT2D eigenvalue weighted by atomic mass is 10.1. The molecule has 1 aliphatic rings. The Morgan fingerprint density at radius 2 is 2.33 bits per heavy atom. The van der Waals surface area contributed by atoms with Crippen molar-refractivity contribution in [3.05, 3.63) is 0 Å². The summed E-state index contributed by atoms with van der Waals surface area (Å²) in [6.45, 7) is 3.91. The van der Waals surface area contributed by atoms with E-state index in [1.54, 1.807) is 6.34 Å². The third kappa shape index (κ3) is 1.16. The SMILES string of the molecule is CC1=NC=NC(C)C1N. The maximum absolute atomic E-state index is 5.68. The van der Waals surface area contributed by atoms with Gasteiger partial charge in [0.1, 0.15) is 6.34 Å². The van der Waals surface area contributed by atoms with E-state index in [4.69, 9.17) is 5.73 Å². The number of nitrogens with zero attached hydrogens (tertiary/aromatic N) is 2. The molecule has 0 bridgehead atoms. The van der Waals surface area contributed by atoms with E-state index in [2.05, 4.69) is 9.98 Å². The van der Waals surface area contributed by atoms with E-state index in [9.17, 15) is 0 Å². The average molecular weight is 125 g/mol. The maximum atomic E-state index is 5.68. The summed E-state index contributed by atoms with van der Waals surface area (Å²) in [6, 6.07) is 0.220. The van der Waals surface area contributed by atoms with Crippen molar-refractivity contribution in [2.24, 2.45) is 15.7 Å². The van der Waals surface area contributed by atoms with Crippen LogP contribution in [0.4, 0.5) is 0 Å². The lowest BCUT2D eigenvalue weighted by Gasteiger charge is -2.17. The van der Waals surface area contributed by atoms with Crippen molar-refractivity contribution in [3.8, 4) is 0 Å². The molecule has 2 atom stereocenters. The Bertz CT molecular complexity index is 160. The van der Waals surface area contributed by atoms with Gasteiger partial charge >= 0.3 is 0 Å². The molecule has 9 heavy (non-hydrogen) atoms. The van der Waals surface area contributed by atoms with Crippen molar-refractivity contribution in [1.29, 1.82) is 0 Å². The lowest BCUT2D eigenvalue weighted by molar-refractivity contribution is 0.672. The van der Waals surface area contributed by atoms with Gasteiger partial charge in [-0.3, -0.25) is 4.99 Å². The Morgan fingerprint density at radius 3 is 2.78 bits per heavy atom. The monoisotopic (exact) mass is 125 g/mol. The summed E-state index contributed by atoms with van der Waals surface area (Å²) in [5.74, 6) is 0. The normalized spacial score (nSPS) is 34.3. The number of aliphatic imine (C=N–C) groups is 2. The summed E-state index contributed by atoms with van der Waals surface area (Å²) < 4.78 is 0. The molecule has 0 radical (unpaired) electrons. The van der Waals surface area contributed by atoms with Gasteiger partial charge in [-0.2, -0.15) is 0 Å². The van der Waals surface area contributed by atoms with Gasteiger partial charge in [0.2, 0.25) is 0 Å². The number of rotatable bonds is 0. The lowest BCUT2D eigenvalue weighted by Crippen LogP contribution is -2.39. The van der Waals surface area contributed by atoms with Gasteiger partial charge in [-0.15, -0.1) is 0 Å². The Morgan fingerprint density at radius 1 is 1.67 bits per heavy atom. The van der Waals surface area contributed by atoms with Gasteiger partial charge in [0.05, 0.1) is 12.1 Å². The third-order valence-electron chi connectivity index (χ3n) is 1.57. The highest BCUT2D eigenvalue weighted by Crippen LogP contribution is 2.01. The minimum Gasteiger partial charge on any atom is -0.321 e. The van der Waals surface area contributed by atoms with E-state index in [1.807, 2.05) is 13.8 Å². The average Bonchev–Trinajstić information content (AvgIpc) is 1.83. The van der Waals surface area contributed by atoms with E-state index < -0.39 is 0 Å². The van der Waals surface area contributed by atoms with Crippen molar-refractivity contribution >= 4 is 12.1 Å². The smallest absolute Gasteiger partial charge is 0.110 e. The largest absolute Gasteiger partial charge is 0.321 e. The van der Waals surface area contributed by atoms with Gasteiger partial charge in [-0.25, -0.2) is 4.99 Å². The van der Waals surface area contributed by atoms with Crippen LogP contribution in [0.2, 0.25) is 0 Å². The van der Waals surface area contributed by atoms with Gasteiger partial charge in [-0.05, 0) is 13.8 Å². The van der Waals surface area contributed by atoms with Gasteiger partial charge in [0.15, 0.2) is 0 Å². The molecule has 0 aromatic rings. The molecule has 0 fully saturated rings. The van der Waals surface area contributed by atoms with E-state index in [-0.39, 0.29) is 12.1 Å². The zero-order chi connectivity index (χ0) is 6.85. The van der Waals surface area contributed by atoms with Crippen LogP contribution in [0.1, 0.15) is 13.8 Å². The standard InChI is InChI=1S/C6H11N3/c1-4-6(7)5(2)9-3-8-4/h3-4,6H,7H2,1-2H3. The molecule has 0 saturated heterocycles. The Labute approximate surface area is 54.7 Å². The molecule has 1 rings (SSSR count). The molecule has 2 unspecified atom stereocenters. The number of hydrogen-bond donors (Lipinski definition) is 1. The fraction of sp³-hybridized carbons (Fsp3) is 0.667. The van der Waals surface area contributed by atoms with Crippen LogP contribution in [-0.2, 0) is 0 Å². The molecule has 50 valence electrons. The first-order valence-corrected chi connectivity index (χ1v) is 3.03. The van der Waals surface area contributed by atoms with Crippen LogP contribution < -0.4 is 5.73 Å². The van der Waals surface area contributed by atoms with Crippen molar-refractivity contribution in [1.82, 2.24) is 0 Å². The first kappa shape index (κ1) is 6.42. The Balaban J connectivity index is 2.73. The predicted molar refractivity (Wildman–Crippen MR) is 39.0 cm³/mol. The highest BCUT2D eigenvalue weighted by molar-refractivity contribution is 5.94. The number of nitrogens with two attached hydrogens (primary N) is 1. The van der Waals surface area contributed by atoms with Crippen LogP contribution in [-0.4, -0.2) is 24.1 Å². The molecule has 1 heterocycles. The van der Waals surface area contributed by atoms with Gasteiger partial charge in [0.25, 0.3) is 0 Å². The van der Waals surface area contributed by atoms with Crippen molar-refractivity contribution in [2.45, 2.75) is 25.9 Å². The predicted octanol–water partition coefficient (Wildman–Crippen LogP) is 0.205. The highest BCUT2D eigenvalue weighted by Gasteiger charge is 2.15. The quantitative estimate of drug-likeness (QED) is 0.494. The summed E-state index contributed by atoms with van der Waals surface area (Å²) in [6.07, 6.45) is 1.57. The number of hydrogen-bond acceptors (Lipinski definition) is 3. The zero-order valence-corrected chi connectivity index (χ0v) is 5.70. The molecule has 1 aliphatic heterocycles. The fourth-order valence-electron chi connectivity index (χ4n) is 0.757. The van der Waals surface area contributed by atoms with E-state index in [0.29, 0.717) is 0 Å². The Hall–Kier alpha value is -0.700. The minimum atomic E-state index is 0.0231. The van der Waals surface area contributed by atoms with Crippen LogP contribution in [0.25, 0.3) is 0 Å². The molecule has 0 aromatic heterocycles. The zero-order valence-electron chi connectivity index (χ0n) is 5.70. The molecular formula is C6H11N3. The first-order valence-electron chi connectivity index (χ1n) is 3.03. The van der Waals surface area contributed by atoms with E-state index >= 15 is 0 Å². The van der Waals surface area contributed by atoms with Crippen LogP contribution in [0, 0.1) is 0 Å². The first-order chi connectivity index (χ1) is 4.22. The summed E-state index contributed by atoms with van der Waals surface area (Å²) in [4.78, 5) is 7.99. The van der Waals surface area contributed by atoms with Gasteiger partial charge in [0, 0.05) is 5.71 Å². The summed E-state index contributed by atoms with van der Waals surface area (Å²) in [5.41, 5.74) is 6.65.